The van der Waals surface area contributed by atoms with Crippen molar-refractivity contribution in [1.29, 1.82) is 0 Å². The molecule has 1 N–H and O–H groups in total. The summed E-state index contributed by atoms with van der Waals surface area (Å²) >= 11 is 0. The Labute approximate surface area is 142 Å². The monoisotopic (exact) mass is 324 g/mol. The summed E-state index contributed by atoms with van der Waals surface area (Å²) in [6.45, 7) is 6.84. The Balaban J connectivity index is 1.52. The summed E-state index contributed by atoms with van der Waals surface area (Å²) in [4.78, 5) is 21.0. The Morgan fingerprint density at radius 1 is 1.04 bits per heavy atom. The second-order valence-electron chi connectivity index (χ2n) is 6.21. The van der Waals surface area contributed by atoms with Crippen LogP contribution in [0.1, 0.15) is 6.92 Å². The van der Waals surface area contributed by atoms with E-state index in [4.69, 9.17) is 0 Å². The van der Waals surface area contributed by atoms with Crippen molar-refractivity contribution >= 4 is 11.5 Å². The molecule has 2 heterocycles. The van der Waals surface area contributed by atoms with E-state index in [0.717, 1.165) is 44.2 Å². The quantitative estimate of drug-likeness (QED) is 0.912. The molecule has 5 heteroatoms. The predicted octanol–water partition coefficient (Wildman–Crippen LogP) is 2.06. The first-order chi connectivity index (χ1) is 11.7. The lowest BCUT2D eigenvalue weighted by atomic mass is 10.2. The van der Waals surface area contributed by atoms with Crippen LogP contribution in [0.25, 0.3) is 0 Å². The van der Waals surface area contributed by atoms with Gasteiger partial charge in [0, 0.05) is 45.0 Å². The van der Waals surface area contributed by atoms with Crippen molar-refractivity contribution in [1.82, 2.24) is 9.88 Å². The van der Waals surface area contributed by atoms with Crippen LogP contribution < -0.4 is 15.6 Å². The first-order valence-electron chi connectivity index (χ1n) is 8.46. The van der Waals surface area contributed by atoms with Crippen molar-refractivity contribution < 1.29 is 0 Å². The molecule has 0 radical (unpaired) electrons. The average Bonchev–Trinajstić information content (AvgIpc) is 2.81. The molecule has 1 saturated heterocycles. The van der Waals surface area contributed by atoms with Crippen LogP contribution in [-0.4, -0.2) is 48.6 Å². The maximum atomic E-state index is 12.1. The molecule has 1 aromatic carbocycles. The number of hydrogen-bond donors (Lipinski definition) is 1. The van der Waals surface area contributed by atoms with E-state index in [2.05, 4.69) is 27.0 Å². The zero-order valence-electron chi connectivity index (χ0n) is 14.1. The summed E-state index contributed by atoms with van der Waals surface area (Å²) < 4.78 is 0. The fraction of sp³-hybridized carbons (Fsp3) is 0.368. The first-order valence-corrected chi connectivity index (χ1v) is 8.46. The van der Waals surface area contributed by atoms with Crippen molar-refractivity contribution in [3.63, 3.8) is 0 Å². The summed E-state index contributed by atoms with van der Waals surface area (Å²) in [5, 5.41) is 3.43. The van der Waals surface area contributed by atoms with Gasteiger partial charge in [-0.2, -0.15) is 0 Å². The van der Waals surface area contributed by atoms with Crippen molar-refractivity contribution in [2.24, 2.45) is 0 Å². The summed E-state index contributed by atoms with van der Waals surface area (Å²) in [5.41, 5.74) is 0.901. The minimum absolute atomic E-state index is 0.0960. The van der Waals surface area contributed by atoms with E-state index >= 15 is 0 Å². The van der Waals surface area contributed by atoms with Gasteiger partial charge in [0.25, 0.3) is 0 Å². The topological polar surface area (TPSA) is 48.5 Å². The van der Waals surface area contributed by atoms with Crippen LogP contribution >= 0.6 is 0 Å². The van der Waals surface area contributed by atoms with E-state index in [1.165, 1.54) is 0 Å². The number of nitrogens with zero attached hydrogens (tertiary/aromatic N) is 3. The summed E-state index contributed by atoms with van der Waals surface area (Å²) in [6, 6.07) is 15.4. The molecule has 24 heavy (non-hydrogen) atoms. The van der Waals surface area contributed by atoms with Crippen molar-refractivity contribution in [2.45, 2.75) is 13.0 Å². The third-order valence-electron chi connectivity index (χ3n) is 4.28. The molecule has 1 aliphatic rings. The molecule has 1 atom stereocenters. The van der Waals surface area contributed by atoms with Gasteiger partial charge in [0.15, 0.2) is 0 Å². The highest BCUT2D eigenvalue weighted by molar-refractivity contribution is 5.45. The maximum absolute atomic E-state index is 12.1. The Morgan fingerprint density at radius 2 is 1.79 bits per heavy atom. The number of piperazine rings is 1. The first kappa shape index (κ1) is 16.5. The smallest absolute Gasteiger partial charge is 0.201 e. The highest BCUT2D eigenvalue weighted by Gasteiger charge is 2.19. The Morgan fingerprint density at radius 3 is 2.54 bits per heavy atom. The third-order valence-corrected chi connectivity index (χ3v) is 4.28. The lowest BCUT2D eigenvalue weighted by Gasteiger charge is -2.36. The zero-order valence-corrected chi connectivity index (χ0v) is 14.1. The van der Waals surface area contributed by atoms with Gasteiger partial charge in [-0.15, -0.1) is 0 Å². The van der Waals surface area contributed by atoms with Crippen molar-refractivity contribution in [3.8, 4) is 0 Å². The molecule has 1 aromatic heterocycles. The Bertz CT molecular complexity index is 699. The fourth-order valence-electron chi connectivity index (χ4n) is 3.09. The lowest BCUT2D eigenvalue weighted by molar-refractivity contribution is 0.251. The van der Waals surface area contributed by atoms with Crippen LogP contribution in [-0.2, 0) is 0 Å². The minimum atomic E-state index is 0.0960. The van der Waals surface area contributed by atoms with Crippen LogP contribution in [0.3, 0.4) is 0 Å². The van der Waals surface area contributed by atoms with E-state index in [0.29, 0.717) is 6.04 Å². The van der Waals surface area contributed by atoms with Crippen LogP contribution in [0.15, 0.2) is 59.5 Å². The third kappa shape index (κ3) is 4.32. The summed E-state index contributed by atoms with van der Waals surface area (Å²) in [6.07, 6.45) is 1.80. The normalized spacial score (nSPS) is 16.6. The number of nitrogens with one attached hydrogen (secondary N) is 1. The molecule has 2 aromatic rings. The molecule has 1 unspecified atom stereocenters. The number of pyridine rings is 1. The molecular formula is C19H24N4O. The molecule has 126 valence electrons. The highest BCUT2D eigenvalue weighted by Crippen LogP contribution is 2.12. The van der Waals surface area contributed by atoms with Crippen LogP contribution in [0.4, 0.5) is 11.5 Å². The maximum Gasteiger partial charge on any atom is 0.201 e. The highest BCUT2D eigenvalue weighted by atomic mass is 16.1. The van der Waals surface area contributed by atoms with Gasteiger partial charge < -0.3 is 10.2 Å². The van der Waals surface area contributed by atoms with Gasteiger partial charge in [-0.1, -0.05) is 24.3 Å². The van der Waals surface area contributed by atoms with Gasteiger partial charge in [0.1, 0.15) is 5.82 Å². The number of hydrogen-bond acceptors (Lipinski definition) is 5. The number of anilines is 2. The van der Waals surface area contributed by atoms with Crippen LogP contribution in [0, 0.1) is 0 Å². The molecule has 1 fully saturated rings. The van der Waals surface area contributed by atoms with Gasteiger partial charge in [-0.3, -0.25) is 9.69 Å². The fourth-order valence-corrected chi connectivity index (χ4v) is 3.09. The second kappa shape index (κ2) is 7.93. The van der Waals surface area contributed by atoms with E-state index < -0.39 is 0 Å². The lowest BCUT2D eigenvalue weighted by Crippen LogP contribution is -2.50. The van der Waals surface area contributed by atoms with Gasteiger partial charge in [-0.05, 0) is 31.2 Å². The molecule has 0 aliphatic carbocycles. The van der Waals surface area contributed by atoms with Crippen LogP contribution in [0.2, 0.25) is 0 Å². The number of aromatic nitrogens is 1. The van der Waals surface area contributed by atoms with Gasteiger partial charge in [-0.25, -0.2) is 4.98 Å². The largest absolute Gasteiger partial charge is 0.366 e. The molecule has 0 bridgehead atoms. The average molecular weight is 324 g/mol. The molecular weight excluding hydrogens is 300 g/mol. The predicted molar refractivity (Wildman–Crippen MR) is 98.7 cm³/mol. The Hall–Kier alpha value is -2.40. The molecule has 1 aliphatic heterocycles. The van der Waals surface area contributed by atoms with Crippen LogP contribution in [0.5, 0.6) is 0 Å². The molecule has 0 spiro atoms. The molecule has 0 saturated carbocycles. The van der Waals surface area contributed by atoms with Crippen molar-refractivity contribution in [2.75, 3.05) is 42.9 Å². The molecule has 0 amide bonds. The number of rotatable bonds is 5. The van der Waals surface area contributed by atoms with Crippen molar-refractivity contribution in [3.05, 3.63) is 65.0 Å². The minimum Gasteiger partial charge on any atom is -0.366 e. The van der Waals surface area contributed by atoms with E-state index in [1.807, 2.05) is 36.4 Å². The Kier molecular flexibility index (Phi) is 5.43. The van der Waals surface area contributed by atoms with E-state index in [9.17, 15) is 4.79 Å². The standard InChI is InChI=1S/C19H24N4O/c1-16(21-19-9-5-6-10-20-19)15-22-11-13-23(14-12-22)17-7-3-2-4-8-18(17)24/h2-10,16H,11-15H2,1H3,(H,20,21). The SMILES string of the molecule is CC(CN1CCN(c2cccccc2=O)CC1)Nc1ccccn1. The second-order valence-corrected chi connectivity index (χ2v) is 6.21. The van der Waals surface area contributed by atoms with E-state index in [-0.39, 0.29) is 5.43 Å². The zero-order chi connectivity index (χ0) is 16.8. The molecule has 5 nitrogen and oxygen atoms in total. The van der Waals surface area contributed by atoms with Gasteiger partial charge in [0.05, 0.1) is 5.69 Å². The summed E-state index contributed by atoms with van der Waals surface area (Å²) in [7, 11) is 0. The molecule has 3 rings (SSSR count). The van der Waals surface area contributed by atoms with Gasteiger partial charge >= 0.3 is 0 Å². The van der Waals surface area contributed by atoms with Gasteiger partial charge in [0.2, 0.25) is 5.43 Å². The van der Waals surface area contributed by atoms with E-state index in [1.54, 1.807) is 18.3 Å². The summed E-state index contributed by atoms with van der Waals surface area (Å²) in [5.74, 6) is 0.913.